The second-order valence-electron chi connectivity index (χ2n) is 3.71. The quantitative estimate of drug-likeness (QED) is 0.724. The predicted molar refractivity (Wildman–Crippen MR) is 56.2 cm³/mol. The first kappa shape index (κ1) is 11.8. The van der Waals surface area contributed by atoms with Crippen molar-refractivity contribution in [2.45, 2.75) is 39.0 Å². The lowest BCUT2D eigenvalue weighted by atomic mass is 10.2. The van der Waals surface area contributed by atoms with Crippen LogP contribution in [0.4, 0.5) is 0 Å². The number of hydrogen-bond donors (Lipinski definition) is 1. The van der Waals surface area contributed by atoms with Crippen LogP contribution in [0.15, 0.2) is 11.8 Å². The molecule has 1 aliphatic rings. The highest BCUT2D eigenvalue weighted by Crippen LogP contribution is 2.13. The fraction of sp³-hybridized carbons (Fsp3) is 0.636. The molecule has 0 aromatic heterocycles. The molecule has 1 amide bonds. The summed E-state index contributed by atoms with van der Waals surface area (Å²) >= 11 is 0. The zero-order valence-electron chi connectivity index (χ0n) is 9.03. The van der Waals surface area contributed by atoms with Gasteiger partial charge in [-0.05, 0) is 19.3 Å². The molecule has 0 aromatic rings. The van der Waals surface area contributed by atoms with E-state index in [1.54, 1.807) is 11.8 Å². The summed E-state index contributed by atoms with van der Waals surface area (Å²) < 4.78 is 0. The van der Waals surface area contributed by atoms with Crippen LogP contribution in [0.1, 0.15) is 39.0 Å². The minimum absolute atomic E-state index is 0.0414. The van der Waals surface area contributed by atoms with Crippen LogP contribution >= 0.6 is 0 Å². The van der Waals surface area contributed by atoms with Gasteiger partial charge in [0.05, 0.1) is 5.57 Å². The maximum Gasteiger partial charge on any atom is 0.333 e. The number of carboxylic acid groups (broad SMARTS) is 1. The number of carbonyl (C=O) groups is 2. The van der Waals surface area contributed by atoms with Crippen LogP contribution in [0.25, 0.3) is 0 Å². The van der Waals surface area contributed by atoms with Crippen LogP contribution in [0.5, 0.6) is 0 Å². The molecule has 84 valence electrons. The molecule has 0 bridgehead atoms. The molecule has 1 rings (SSSR count). The number of carbonyl (C=O) groups excluding carboxylic acids is 1. The fourth-order valence-corrected chi connectivity index (χ4v) is 1.63. The molecule has 0 atom stereocenters. The molecule has 1 aliphatic heterocycles. The molecular weight excluding hydrogens is 194 g/mol. The summed E-state index contributed by atoms with van der Waals surface area (Å²) in [5, 5.41) is 8.85. The van der Waals surface area contributed by atoms with Gasteiger partial charge >= 0.3 is 5.97 Å². The van der Waals surface area contributed by atoms with Crippen molar-refractivity contribution in [2.75, 3.05) is 6.54 Å². The fourth-order valence-electron chi connectivity index (χ4n) is 1.63. The highest BCUT2D eigenvalue weighted by molar-refractivity contribution is 5.87. The van der Waals surface area contributed by atoms with E-state index < -0.39 is 5.97 Å². The third-order valence-electron chi connectivity index (χ3n) is 2.58. The Labute approximate surface area is 89.6 Å². The van der Waals surface area contributed by atoms with E-state index in [0.29, 0.717) is 25.0 Å². The van der Waals surface area contributed by atoms with Crippen LogP contribution in [0, 0.1) is 0 Å². The number of aliphatic carboxylic acids is 1. The van der Waals surface area contributed by atoms with Crippen molar-refractivity contribution >= 4 is 11.9 Å². The van der Waals surface area contributed by atoms with E-state index in [1.165, 1.54) is 6.20 Å². The summed E-state index contributed by atoms with van der Waals surface area (Å²) in [6, 6.07) is 0. The molecule has 0 unspecified atom stereocenters. The van der Waals surface area contributed by atoms with E-state index in [-0.39, 0.29) is 5.91 Å². The average molecular weight is 211 g/mol. The van der Waals surface area contributed by atoms with E-state index >= 15 is 0 Å². The molecule has 4 nitrogen and oxygen atoms in total. The van der Waals surface area contributed by atoms with Gasteiger partial charge in [-0.3, -0.25) is 4.79 Å². The molecule has 0 spiro atoms. The van der Waals surface area contributed by atoms with Gasteiger partial charge in [0.2, 0.25) is 5.91 Å². The smallest absolute Gasteiger partial charge is 0.333 e. The maximum atomic E-state index is 11.6. The van der Waals surface area contributed by atoms with E-state index in [2.05, 4.69) is 0 Å². The van der Waals surface area contributed by atoms with Crippen molar-refractivity contribution in [1.29, 1.82) is 0 Å². The molecular formula is C11H17NO3. The lowest BCUT2D eigenvalue weighted by Gasteiger charge is -2.16. The molecule has 0 radical (unpaired) electrons. The zero-order chi connectivity index (χ0) is 11.3. The van der Waals surface area contributed by atoms with Gasteiger partial charge < -0.3 is 10.0 Å². The molecule has 0 saturated carbocycles. The van der Waals surface area contributed by atoms with Crippen molar-refractivity contribution in [3.63, 3.8) is 0 Å². The third-order valence-corrected chi connectivity index (χ3v) is 2.58. The number of carboxylic acids is 1. The second kappa shape index (κ2) is 5.53. The second-order valence-corrected chi connectivity index (χ2v) is 3.71. The molecule has 4 heteroatoms. The Morgan fingerprint density at radius 1 is 1.47 bits per heavy atom. The van der Waals surface area contributed by atoms with Crippen LogP contribution in [-0.4, -0.2) is 28.4 Å². The highest BCUT2D eigenvalue weighted by atomic mass is 16.4. The van der Waals surface area contributed by atoms with E-state index in [1.807, 2.05) is 0 Å². The van der Waals surface area contributed by atoms with Gasteiger partial charge in [0.1, 0.15) is 0 Å². The van der Waals surface area contributed by atoms with Gasteiger partial charge in [-0.15, -0.1) is 0 Å². The Morgan fingerprint density at radius 3 is 2.80 bits per heavy atom. The summed E-state index contributed by atoms with van der Waals surface area (Å²) in [7, 11) is 0. The third kappa shape index (κ3) is 3.38. The van der Waals surface area contributed by atoms with Crippen LogP contribution in [0.2, 0.25) is 0 Å². The minimum Gasteiger partial charge on any atom is -0.478 e. The van der Waals surface area contributed by atoms with Crippen LogP contribution < -0.4 is 0 Å². The van der Waals surface area contributed by atoms with Gasteiger partial charge in [-0.2, -0.15) is 0 Å². The first-order chi connectivity index (χ1) is 7.15. The number of rotatable bonds is 3. The molecule has 1 N–H and O–H groups in total. The number of hydrogen-bond acceptors (Lipinski definition) is 2. The number of amides is 1. The molecule has 0 aromatic carbocycles. The predicted octanol–water partition coefficient (Wildman–Crippen LogP) is 1.77. The van der Waals surface area contributed by atoms with Gasteiger partial charge in [-0.25, -0.2) is 4.79 Å². The summed E-state index contributed by atoms with van der Waals surface area (Å²) in [6.45, 7) is 2.43. The maximum absolute atomic E-state index is 11.6. The first-order valence-corrected chi connectivity index (χ1v) is 5.38. The lowest BCUT2D eigenvalue weighted by molar-refractivity contribution is -0.132. The van der Waals surface area contributed by atoms with Crippen molar-refractivity contribution in [3.8, 4) is 0 Å². The van der Waals surface area contributed by atoms with Crippen molar-refractivity contribution in [2.24, 2.45) is 0 Å². The Bertz CT molecular complexity index is 284. The summed E-state index contributed by atoms with van der Waals surface area (Å²) in [6.07, 6.45) is 5.39. The van der Waals surface area contributed by atoms with Crippen LogP contribution in [-0.2, 0) is 9.59 Å². The standard InChI is InChI=1S/C11H17NO3/c1-2-9(11(14)15)8-12-7-5-3-4-6-10(12)13/h8H,2-7H2,1H3,(H,14,15). The molecule has 1 heterocycles. The van der Waals surface area contributed by atoms with Gasteiger partial charge in [0, 0.05) is 19.2 Å². The monoisotopic (exact) mass is 211 g/mol. The SMILES string of the molecule is CCC(=CN1CCCCCC1=O)C(=O)O. The normalized spacial score (nSPS) is 18.9. The van der Waals surface area contributed by atoms with E-state index in [9.17, 15) is 9.59 Å². The summed E-state index contributed by atoms with van der Waals surface area (Å²) in [5.74, 6) is -0.894. The highest BCUT2D eigenvalue weighted by Gasteiger charge is 2.16. The molecule has 1 saturated heterocycles. The Hall–Kier alpha value is -1.32. The lowest BCUT2D eigenvalue weighted by Crippen LogP contribution is -2.25. The minimum atomic E-state index is -0.936. The molecule has 0 aliphatic carbocycles. The molecule has 1 fully saturated rings. The zero-order valence-corrected chi connectivity index (χ0v) is 9.03. The van der Waals surface area contributed by atoms with Crippen molar-refractivity contribution < 1.29 is 14.7 Å². The van der Waals surface area contributed by atoms with Gasteiger partial charge in [0.25, 0.3) is 0 Å². The van der Waals surface area contributed by atoms with Gasteiger partial charge in [-0.1, -0.05) is 13.3 Å². The number of likely N-dealkylation sites (tertiary alicyclic amines) is 1. The first-order valence-electron chi connectivity index (χ1n) is 5.38. The Morgan fingerprint density at radius 2 is 2.20 bits per heavy atom. The van der Waals surface area contributed by atoms with E-state index in [4.69, 9.17) is 5.11 Å². The summed E-state index contributed by atoms with van der Waals surface area (Å²) in [5.41, 5.74) is 0.297. The molecule has 15 heavy (non-hydrogen) atoms. The van der Waals surface area contributed by atoms with Crippen molar-refractivity contribution in [3.05, 3.63) is 11.8 Å². The van der Waals surface area contributed by atoms with E-state index in [0.717, 1.165) is 19.3 Å². The van der Waals surface area contributed by atoms with Gasteiger partial charge in [0.15, 0.2) is 0 Å². The topological polar surface area (TPSA) is 57.6 Å². The average Bonchev–Trinajstić information content (AvgIpc) is 2.39. The summed E-state index contributed by atoms with van der Waals surface area (Å²) in [4.78, 5) is 23.9. The Kier molecular flexibility index (Phi) is 4.34. The number of nitrogens with zero attached hydrogens (tertiary/aromatic N) is 1. The van der Waals surface area contributed by atoms with Crippen LogP contribution in [0.3, 0.4) is 0 Å². The Balaban J connectivity index is 2.75. The van der Waals surface area contributed by atoms with Crippen molar-refractivity contribution in [1.82, 2.24) is 4.90 Å². The largest absolute Gasteiger partial charge is 0.478 e.